The van der Waals surface area contributed by atoms with E-state index in [1.807, 2.05) is 23.8 Å². The minimum Gasteiger partial charge on any atom is -0.387 e. The Morgan fingerprint density at radius 1 is 1.71 bits per heavy atom. The van der Waals surface area contributed by atoms with Crippen LogP contribution in [-0.2, 0) is 4.79 Å². The predicted octanol–water partition coefficient (Wildman–Crippen LogP) is 0.753. The molecule has 4 nitrogen and oxygen atoms in total. The van der Waals surface area contributed by atoms with Crippen LogP contribution < -0.4 is 10.6 Å². The fraction of sp³-hybridized carbons (Fsp3) is 0.583. The van der Waals surface area contributed by atoms with E-state index in [0.29, 0.717) is 12.5 Å². The summed E-state index contributed by atoms with van der Waals surface area (Å²) in [5, 5.41) is 19.6. The van der Waals surface area contributed by atoms with E-state index in [0.717, 1.165) is 18.7 Å². The van der Waals surface area contributed by atoms with Crippen molar-refractivity contribution in [2.24, 2.45) is 11.8 Å². The summed E-state index contributed by atoms with van der Waals surface area (Å²) in [6, 6.07) is 1.88. The van der Waals surface area contributed by atoms with Crippen molar-refractivity contribution < 1.29 is 9.90 Å². The first-order valence-corrected chi connectivity index (χ1v) is 6.81. The molecule has 1 amide bonds. The zero-order valence-corrected chi connectivity index (χ0v) is 10.7. The Bertz CT molecular complexity index is 363. The van der Waals surface area contributed by atoms with Crippen molar-refractivity contribution in [3.8, 4) is 0 Å². The highest BCUT2D eigenvalue weighted by Gasteiger charge is 2.28. The Kier molecular flexibility index (Phi) is 4.15. The molecule has 5 heteroatoms. The quantitative estimate of drug-likeness (QED) is 0.727. The predicted molar refractivity (Wildman–Crippen MR) is 67.8 cm³/mol. The van der Waals surface area contributed by atoms with Gasteiger partial charge in [0.1, 0.15) is 0 Å². The van der Waals surface area contributed by atoms with Crippen LogP contribution in [0.3, 0.4) is 0 Å². The summed E-state index contributed by atoms with van der Waals surface area (Å²) < 4.78 is 0. The summed E-state index contributed by atoms with van der Waals surface area (Å²) in [5.41, 5.74) is 0.869. The number of aliphatic hydroxyl groups is 1. The molecule has 1 aliphatic rings. The summed E-state index contributed by atoms with van der Waals surface area (Å²) in [6.45, 7) is 4.07. The van der Waals surface area contributed by atoms with Gasteiger partial charge < -0.3 is 15.7 Å². The molecule has 0 bridgehead atoms. The van der Waals surface area contributed by atoms with E-state index in [1.165, 1.54) is 0 Å². The molecule has 94 valence electrons. The summed E-state index contributed by atoms with van der Waals surface area (Å²) >= 11 is 1.55. The number of aliphatic hydroxyl groups excluding tert-OH is 1. The molecule has 2 rings (SSSR count). The molecule has 2 unspecified atom stereocenters. The van der Waals surface area contributed by atoms with Gasteiger partial charge in [-0.05, 0) is 41.4 Å². The van der Waals surface area contributed by atoms with E-state index >= 15 is 0 Å². The lowest BCUT2D eigenvalue weighted by molar-refractivity contribution is -0.127. The van der Waals surface area contributed by atoms with Crippen LogP contribution in [-0.4, -0.2) is 30.6 Å². The van der Waals surface area contributed by atoms with Gasteiger partial charge in [0, 0.05) is 12.5 Å². The van der Waals surface area contributed by atoms with Crippen LogP contribution in [0.15, 0.2) is 16.8 Å². The molecule has 1 aliphatic heterocycles. The molecular formula is C12H18N2O2S. The lowest BCUT2D eigenvalue weighted by Gasteiger charge is -2.31. The molecule has 0 saturated carbocycles. The van der Waals surface area contributed by atoms with Crippen molar-refractivity contribution in [1.29, 1.82) is 0 Å². The van der Waals surface area contributed by atoms with Crippen molar-refractivity contribution in [3.05, 3.63) is 22.4 Å². The van der Waals surface area contributed by atoms with E-state index in [9.17, 15) is 9.90 Å². The van der Waals surface area contributed by atoms with Crippen LogP contribution >= 0.6 is 11.3 Å². The number of hydrogen-bond acceptors (Lipinski definition) is 4. The highest BCUT2D eigenvalue weighted by atomic mass is 32.1. The molecule has 0 aromatic carbocycles. The van der Waals surface area contributed by atoms with Gasteiger partial charge in [-0.15, -0.1) is 0 Å². The Balaban J connectivity index is 1.75. The molecule has 0 aliphatic carbocycles. The van der Waals surface area contributed by atoms with E-state index in [-0.39, 0.29) is 11.8 Å². The number of carbonyl (C=O) groups excluding carboxylic acids is 1. The second-order valence-electron chi connectivity index (χ2n) is 4.52. The van der Waals surface area contributed by atoms with Crippen molar-refractivity contribution in [2.45, 2.75) is 13.0 Å². The smallest absolute Gasteiger partial charge is 0.223 e. The topological polar surface area (TPSA) is 61.4 Å². The first-order valence-electron chi connectivity index (χ1n) is 5.87. The molecule has 1 saturated heterocycles. The van der Waals surface area contributed by atoms with Crippen molar-refractivity contribution in [3.63, 3.8) is 0 Å². The molecular weight excluding hydrogens is 236 g/mol. The standard InChI is InChI=1S/C12H18N2O2S/c1-8(10-4-13-5-10)12(16)14-6-11(15)9-2-3-17-7-9/h2-3,7-8,10-11,13,15H,4-6H2,1H3,(H,14,16). The third kappa shape index (κ3) is 3.06. The zero-order valence-electron chi connectivity index (χ0n) is 9.85. The van der Waals surface area contributed by atoms with Gasteiger partial charge >= 0.3 is 0 Å². The van der Waals surface area contributed by atoms with Crippen LogP contribution in [0.4, 0.5) is 0 Å². The van der Waals surface area contributed by atoms with Gasteiger partial charge in [-0.3, -0.25) is 4.79 Å². The SMILES string of the molecule is CC(C(=O)NCC(O)c1ccsc1)C1CNC1. The summed E-state index contributed by atoms with van der Waals surface area (Å²) in [4.78, 5) is 11.8. The van der Waals surface area contributed by atoms with E-state index in [2.05, 4.69) is 10.6 Å². The molecule has 0 radical (unpaired) electrons. The van der Waals surface area contributed by atoms with Gasteiger partial charge in [-0.25, -0.2) is 0 Å². The van der Waals surface area contributed by atoms with E-state index < -0.39 is 6.10 Å². The van der Waals surface area contributed by atoms with E-state index in [4.69, 9.17) is 0 Å². The number of hydrogen-bond donors (Lipinski definition) is 3. The lowest BCUT2D eigenvalue weighted by Crippen LogP contribution is -2.50. The third-order valence-corrected chi connectivity index (χ3v) is 4.03. The molecule has 2 heterocycles. The van der Waals surface area contributed by atoms with Gasteiger partial charge in [-0.2, -0.15) is 11.3 Å². The number of thiophene rings is 1. The number of amides is 1. The van der Waals surface area contributed by atoms with Gasteiger partial charge in [0.05, 0.1) is 6.10 Å². The van der Waals surface area contributed by atoms with Gasteiger partial charge in [0.15, 0.2) is 0 Å². The average molecular weight is 254 g/mol. The summed E-state index contributed by atoms with van der Waals surface area (Å²) in [7, 11) is 0. The maximum absolute atomic E-state index is 11.8. The maximum Gasteiger partial charge on any atom is 0.223 e. The molecule has 17 heavy (non-hydrogen) atoms. The molecule has 0 spiro atoms. The Morgan fingerprint density at radius 2 is 2.47 bits per heavy atom. The second-order valence-corrected chi connectivity index (χ2v) is 5.30. The highest BCUT2D eigenvalue weighted by Crippen LogP contribution is 2.17. The zero-order chi connectivity index (χ0) is 12.3. The fourth-order valence-corrected chi connectivity index (χ4v) is 2.53. The molecule has 1 aromatic heterocycles. The van der Waals surface area contributed by atoms with Gasteiger partial charge in [0.2, 0.25) is 5.91 Å². The Hall–Kier alpha value is -0.910. The molecule has 1 aromatic rings. The van der Waals surface area contributed by atoms with Crippen LogP contribution in [0.5, 0.6) is 0 Å². The number of carbonyl (C=O) groups is 1. The second kappa shape index (κ2) is 5.62. The minimum atomic E-state index is -0.600. The summed E-state index contributed by atoms with van der Waals surface area (Å²) in [6.07, 6.45) is -0.600. The molecule has 3 N–H and O–H groups in total. The molecule has 1 fully saturated rings. The van der Waals surface area contributed by atoms with Crippen LogP contribution in [0.2, 0.25) is 0 Å². The van der Waals surface area contributed by atoms with Crippen molar-refractivity contribution in [1.82, 2.24) is 10.6 Å². The van der Waals surface area contributed by atoms with Crippen molar-refractivity contribution >= 4 is 17.2 Å². The Morgan fingerprint density at radius 3 is 3.00 bits per heavy atom. The highest BCUT2D eigenvalue weighted by molar-refractivity contribution is 7.07. The lowest BCUT2D eigenvalue weighted by atomic mass is 9.88. The third-order valence-electron chi connectivity index (χ3n) is 3.33. The Labute approximate surface area is 105 Å². The number of rotatable bonds is 5. The first kappa shape index (κ1) is 12.5. The maximum atomic E-state index is 11.8. The van der Waals surface area contributed by atoms with Gasteiger partial charge in [0.25, 0.3) is 0 Å². The van der Waals surface area contributed by atoms with Crippen LogP contribution in [0, 0.1) is 11.8 Å². The fourth-order valence-electron chi connectivity index (χ4n) is 1.82. The summed E-state index contributed by atoms with van der Waals surface area (Å²) in [5.74, 6) is 0.491. The minimum absolute atomic E-state index is 0.0194. The average Bonchev–Trinajstić information content (AvgIpc) is 2.76. The van der Waals surface area contributed by atoms with Crippen LogP contribution in [0.1, 0.15) is 18.6 Å². The van der Waals surface area contributed by atoms with Gasteiger partial charge in [-0.1, -0.05) is 6.92 Å². The normalized spacial score (nSPS) is 19.4. The number of nitrogens with one attached hydrogen (secondary N) is 2. The van der Waals surface area contributed by atoms with Crippen molar-refractivity contribution in [2.75, 3.05) is 19.6 Å². The monoisotopic (exact) mass is 254 g/mol. The first-order chi connectivity index (χ1) is 8.18. The van der Waals surface area contributed by atoms with Crippen LogP contribution in [0.25, 0.3) is 0 Å². The largest absolute Gasteiger partial charge is 0.387 e. The molecule has 2 atom stereocenters. The van der Waals surface area contributed by atoms with E-state index in [1.54, 1.807) is 11.3 Å².